The first-order chi connectivity index (χ1) is 8.97. The van der Waals surface area contributed by atoms with E-state index >= 15 is 0 Å². The molecule has 0 aromatic carbocycles. The molecule has 1 aromatic rings. The van der Waals surface area contributed by atoms with Crippen LogP contribution in [-0.2, 0) is 10.2 Å². The van der Waals surface area contributed by atoms with Gasteiger partial charge in [-0.05, 0) is 19.4 Å². The maximum atomic E-state index is 12.2. The van der Waals surface area contributed by atoms with Crippen molar-refractivity contribution in [1.82, 2.24) is 10.3 Å². The summed E-state index contributed by atoms with van der Waals surface area (Å²) in [6, 6.07) is -0.0653. The standard InChI is InChI=1S/C14H23N3OS/c1-14(2,3)11-9-19-13(16-11)17-12(18)10-7-5-4-6-8-15-10/h9-10,15H,4-8H2,1-3H3,(H,16,17,18). The van der Waals surface area contributed by atoms with Gasteiger partial charge in [0.05, 0.1) is 11.7 Å². The number of aromatic nitrogens is 1. The Morgan fingerprint density at radius 2 is 2.21 bits per heavy atom. The van der Waals surface area contributed by atoms with Crippen LogP contribution in [0.4, 0.5) is 5.13 Å². The van der Waals surface area contributed by atoms with Crippen LogP contribution in [0.15, 0.2) is 5.38 Å². The highest BCUT2D eigenvalue weighted by atomic mass is 32.1. The minimum atomic E-state index is -0.0653. The fourth-order valence-corrected chi connectivity index (χ4v) is 3.06. The van der Waals surface area contributed by atoms with Crippen molar-refractivity contribution in [3.63, 3.8) is 0 Å². The van der Waals surface area contributed by atoms with Crippen LogP contribution in [0.25, 0.3) is 0 Å². The highest BCUT2D eigenvalue weighted by Crippen LogP contribution is 2.26. The minimum Gasteiger partial charge on any atom is -0.306 e. The van der Waals surface area contributed by atoms with E-state index in [-0.39, 0.29) is 17.4 Å². The lowest BCUT2D eigenvalue weighted by molar-refractivity contribution is -0.118. The summed E-state index contributed by atoms with van der Waals surface area (Å²) in [7, 11) is 0. The fraction of sp³-hybridized carbons (Fsp3) is 0.714. The molecule has 19 heavy (non-hydrogen) atoms. The van der Waals surface area contributed by atoms with E-state index in [1.54, 1.807) is 0 Å². The number of nitrogens with one attached hydrogen (secondary N) is 2. The van der Waals surface area contributed by atoms with Gasteiger partial charge in [-0.25, -0.2) is 4.98 Å². The van der Waals surface area contributed by atoms with Gasteiger partial charge in [0.2, 0.25) is 5.91 Å². The molecule has 1 atom stereocenters. The van der Waals surface area contributed by atoms with E-state index in [1.165, 1.54) is 17.8 Å². The molecular formula is C14H23N3OS. The Kier molecular flexibility index (Phi) is 4.58. The van der Waals surface area contributed by atoms with Gasteiger partial charge in [-0.15, -0.1) is 11.3 Å². The third-order valence-corrected chi connectivity index (χ3v) is 4.14. The Bertz CT molecular complexity index is 428. The maximum absolute atomic E-state index is 12.2. The summed E-state index contributed by atoms with van der Waals surface area (Å²) in [5, 5.41) is 8.97. The zero-order valence-electron chi connectivity index (χ0n) is 12.0. The van der Waals surface area contributed by atoms with Crippen LogP contribution in [-0.4, -0.2) is 23.5 Å². The van der Waals surface area contributed by atoms with E-state index in [4.69, 9.17) is 0 Å². The predicted molar refractivity (Wildman–Crippen MR) is 79.7 cm³/mol. The van der Waals surface area contributed by atoms with Crippen LogP contribution in [0.2, 0.25) is 0 Å². The molecular weight excluding hydrogens is 258 g/mol. The fourth-order valence-electron chi connectivity index (χ4n) is 2.12. The van der Waals surface area contributed by atoms with Crippen molar-refractivity contribution in [2.45, 2.75) is 57.9 Å². The van der Waals surface area contributed by atoms with Gasteiger partial charge < -0.3 is 10.6 Å². The largest absolute Gasteiger partial charge is 0.306 e. The Morgan fingerprint density at radius 3 is 2.89 bits per heavy atom. The van der Waals surface area contributed by atoms with Gasteiger partial charge >= 0.3 is 0 Å². The molecule has 4 nitrogen and oxygen atoms in total. The van der Waals surface area contributed by atoms with E-state index < -0.39 is 0 Å². The quantitative estimate of drug-likeness (QED) is 0.876. The predicted octanol–water partition coefficient (Wildman–Crippen LogP) is 2.91. The first-order valence-corrected chi connectivity index (χ1v) is 7.85. The summed E-state index contributed by atoms with van der Waals surface area (Å²) in [6.07, 6.45) is 4.41. The summed E-state index contributed by atoms with van der Waals surface area (Å²) >= 11 is 1.50. The third-order valence-electron chi connectivity index (χ3n) is 3.38. The molecule has 1 aromatic heterocycles. The van der Waals surface area contributed by atoms with Gasteiger partial charge in [-0.3, -0.25) is 4.79 Å². The van der Waals surface area contributed by atoms with E-state index in [9.17, 15) is 4.79 Å². The molecule has 0 bridgehead atoms. The lowest BCUT2D eigenvalue weighted by atomic mass is 9.93. The number of hydrogen-bond donors (Lipinski definition) is 2. The second-order valence-electron chi connectivity index (χ2n) is 6.13. The Balaban J connectivity index is 1.96. The molecule has 2 N–H and O–H groups in total. The van der Waals surface area contributed by atoms with Crippen LogP contribution in [0, 0.1) is 0 Å². The van der Waals surface area contributed by atoms with Crippen molar-refractivity contribution in [3.8, 4) is 0 Å². The SMILES string of the molecule is CC(C)(C)c1csc(NC(=O)C2CCCCCN2)n1. The van der Waals surface area contributed by atoms with Crippen LogP contribution in [0.1, 0.15) is 52.1 Å². The normalized spacial score (nSPS) is 20.9. The Hall–Kier alpha value is -0.940. The molecule has 0 spiro atoms. The molecule has 1 saturated heterocycles. The number of anilines is 1. The minimum absolute atomic E-state index is 0.0278. The first kappa shape index (κ1) is 14.5. The molecule has 1 amide bonds. The average Bonchev–Trinajstić information content (AvgIpc) is 2.63. The van der Waals surface area contributed by atoms with Crippen LogP contribution in [0.5, 0.6) is 0 Å². The molecule has 1 fully saturated rings. The summed E-state index contributed by atoms with van der Waals surface area (Å²) in [6.45, 7) is 7.31. The number of nitrogens with zero attached hydrogens (tertiary/aromatic N) is 1. The van der Waals surface area contributed by atoms with Gasteiger partial charge in [0.15, 0.2) is 5.13 Å². The van der Waals surface area contributed by atoms with E-state index in [0.29, 0.717) is 5.13 Å². The van der Waals surface area contributed by atoms with Crippen molar-refractivity contribution < 1.29 is 4.79 Å². The van der Waals surface area contributed by atoms with E-state index in [0.717, 1.165) is 31.5 Å². The van der Waals surface area contributed by atoms with Crippen LogP contribution >= 0.6 is 11.3 Å². The molecule has 2 heterocycles. The second kappa shape index (κ2) is 6.01. The number of rotatable bonds is 2. The molecule has 2 rings (SSSR count). The van der Waals surface area contributed by atoms with Crippen molar-refractivity contribution in [3.05, 3.63) is 11.1 Å². The number of hydrogen-bond acceptors (Lipinski definition) is 4. The second-order valence-corrected chi connectivity index (χ2v) is 6.99. The summed E-state index contributed by atoms with van der Waals surface area (Å²) < 4.78 is 0. The van der Waals surface area contributed by atoms with Gasteiger partial charge in [-0.2, -0.15) is 0 Å². The molecule has 0 saturated carbocycles. The molecule has 1 aliphatic heterocycles. The summed E-state index contributed by atoms with van der Waals surface area (Å²) in [4.78, 5) is 16.7. The van der Waals surface area contributed by atoms with Crippen molar-refractivity contribution in [2.24, 2.45) is 0 Å². The first-order valence-electron chi connectivity index (χ1n) is 6.97. The van der Waals surface area contributed by atoms with Crippen molar-refractivity contribution >= 4 is 22.4 Å². The number of carbonyl (C=O) groups excluding carboxylic acids is 1. The molecule has 1 aliphatic rings. The number of amides is 1. The molecule has 106 valence electrons. The molecule has 1 unspecified atom stereocenters. The van der Waals surface area contributed by atoms with Gasteiger partial charge in [-0.1, -0.05) is 33.6 Å². The topological polar surface area (TPSA) is 54.0 Å². The molecule has 5 heteroatoms. The molecule has 0 aliphatic carbocycles. The summed E-state index contributed by atoms with van der Waals surface area (Å²) in [5.74, 6) is 0.0525. The van der Waals surface area contributed by atoms with Gasteiger partial charge in [0, 0.05) is 10.8 Å². The zero-order chi connectivity index (χ0) is 13.9. The lowest BCUT2D eigenvalue weighted by Crippen LogP contribution is -2.39. The van der Waals surface area contributed by atoms with Crippen LogP contribution in [0.3, 0.4) is 0 Å². The highest BCUT2D eigenvalue weighted by Gasteiger charge is 2.22. The Morgan fingerprint density at radius 1 is 1.42 bits per heavy atom. The highest BCUT2D eigenvalue weighted by molar-refractivity contribution is 7.13. The smallest absolute Gasteiger partial charge is 0.243 e. The van der Waals surface area contributed by atoms with Crippen LogP contribution < -0.4 is 10.6 Å². The Labute approximate surface area is 119 Å². The van der Waals surface area contributed by atoms with Crippen molar-refractivity contribution in [2.75, 3.05) is 11.9 Å². The number of carbonyl (C=O) groups is 1. The van der Waals surface area contributed by atoms with Gasteiger partial charge in [0.25, 0.3) is 0 Å². The molecule has 0 radical (unpaired) electrons. The third kappa shape index (κ3) is 4.01. The van der Waals surface area contributed by atoms with Gasteiger partial charge in [0.1, 0.15) is 0 Å². The van der Waals surface area contributed by atoms with Crippen molar-refractivity contribution in [1.29, 1.82) is 0 Å². The zero-order valence-corrected chi connectivity index (χ0v) is 12.8. The van der Waals surface area contributed by atoms with E-state index in [1.807, 2.05) is 5.38 Å². The monoisotopic (exact) mass is 281 g/mol. The lowest BCUT2D eigenvalue weighted by Gasteiger charge is -2.15. The summed E-state index contributed by atoms with van der Waals surface area (Å²) in [5.41, 5.74) is 1.06. The maximum Gasteiger partial charge on any atom is 0.243 e. The number of thiazole rings is 1. The van der Waals surface area contributed by atoms with E-state index in [2.05, 4.69) is 36.4 Å². The average molecular weight is 281 g/mol.